The first-order valence-electron chi connectivity index (χ1n) is 9.76. The van der Waals surface area contributed by atoms with Crippen molar-refractivity contribution in [2.24, 2.45) is 5.92 Å². The lowest BCUT2D eigenvalue weighted by Crippen LogP contribution is -2.30. The van der Waals surface area contributed by atoms with Crippen LogP contribution < -0.4 is 14.8 Å². The van der Waals surface area contributed by atoms with Crippen molar-refractivity contribution in [3.8, 4) is 11.5 Å². The zero-order valence-electron chi connectivity index (χ0n) is 16.6. The van der Waals surface area contributed by atoms with Crippen LogP contribution in [0.15, 0.2) is 18.2 Å². The van der Waals surface area contributed by atoms with Crippen molar-refractivity contribution in [2.45, 2.75) is 64.4 Å². The van der Waals surface area contributed by atoms with Crippen LogP contribution in [0.3, 0.4) is 0 Å². The van der Waals surface area contributed by atoms with Crippen molar-refractivity contribution < 1.29 is 23.8 Å². The fourth-order valence-corrected chi connectivity index (χ4v) is 3.47. The predicted molar refractivity (Wildman–Crippen MR) is 104 cm³/mol. The molecule has 1 unspecified atom stereocenters. The maximum absolute atomic E-state index is 12.4. The molecule has 0 aromatic heterocycles. The van der Waals surface area contributed by atoms with Gasteiger partial charge in [-0.2, -0.15) is 0 Å². The number of carbonyl (C=O) groups is 2. The lowest BCUT2D eigenvalue weighted by Gasteiger charge is -2.21. The summed E-state index contributed by atoms with van der Waals surface area (Å²) in [5.74, 6) is 1.12. The van der Waals surface area contributed by atoms with E-state index in [4.69, 9.17) is 14.2 Å². The summed E-state index contributed by atoms with van der Waals surface area (Å²) in [6.07, 6.45) is 7.87. The number of hydrogen-bond donors (Lipinski definition) is 1. The minimum absolute atomic E-state index is 0.328. The summed E-state index contributed by atoms with van der Waals surface area (Å²) < 4.78 is 15.7. The van der Waals surface area contributed by atoms with E-state index in [1.165, 1.54) is 39.2 Å². The molecule has 1 saturated carbocycles. The molecular formula is C21H31NO5. The van der Waals surface area contributed by atoms with Gasteiger partial charge in [-0.25, -0.2) is 0 Å². The lowest BCUT2D eigenvalue weighted by atomic mass is 9.86. The molecule has 1 aliphatic carbocycles. The molecule has 0 heterocycles. The Labute approximate surface area is 161 Å². The third-order valence-electron chi connectivity index (χ3n) is 5.06. The predicted octanol–water partition coefficient (Wildman–Crippen LogP) is 4.32. The van der Waals surface area contributed by atoms with E-state index in [1.54, 1.807) is 32.2 Å². The van der Waals surface area contributed by atoms with Crippen LogP contribution in [0.25, 0.3) is 0 Å². The zero-order valence-corrected chi connectivity index (χ0v) is 16.6. The van der Waals surface area contributed by atoms with Gasteiger partial charge >= 0.3 is 5.97 Å². The molecule has 1 amide bonds. The van der Waals surface area contributed by atoms with Crippen LogP contribution in [0.4, 0.5) is 5.69 Å². The molecule has 1 aromatic rings. The molecule has 0 radical (unpaired) electrons. The normalized spacial score (nSPS) is 15.7. The molecule has 0 saturated heterocycles. The Bertz CT molecular complexity index is 625. The third kappa shape index (κ3) is 6.77. The number of esters is 1. The van der Waals surface area contributed by atoms with E-state index in [9.17, 15) is 9.59 Å². The molecule has 1 N–H and O–H groups in total. The summed E-state index contributed by atoms with van der Waals surface area (Å²) in [4.78, 5) is 24.4. The van der Waals surface area contributed by atoms with Gasteiger partial charge in [-0.05, 0) is 37.8 Å². The van der Waals surface area contributed by atoms with Gasteiger partial charge in [0.15, 0.2) is 6.10 Å². The van der Waals surface area contributed by atoms with Crippen molar-refractivity contribution in [3.05, 3.63) is 18.2 Å². The minimum Gasteiger partial charge on any atom is -0.497 e. The molecular weight excluding hydrogens is 346 g/mol. The van der Waals surface area contributed by atoms with E-state index >= 15 is 0 Å². The van der Waals surface area contributed by atoms with E-state index in [-0.39, 0.29) is 5.97 Å². The van der Waals surface area contributed by atoms with Crippen molar-refractivity contribution in [1.29, 1.82) is 0 Å². The Morgan fingerprint density at radius 2 is 1.89 bits per heavy atom. The smallest absolute Gasteiger partial charge is 0.306 e. The molecule has 1 atom stereocenters. The molecule has 0 aliphatic heterocycles. The quantitative estimate of drug-likeness (QED) is 0.649. The number of benzene rings is 1. The highest BCUT2D eigenvalue weighted by atomic mass is 16.5. The van der Waals surface area contributed by atoms with E-state index < -0.39 is 12.0 Å². The molecule has 2 rings (SSSR count). The van der Waals surface area contributed by atoms with E-state index in [1.807, 2.05) is 0 Å². The highest BCUT2D eigenvalue weighted by Gasteiger charge is 2.20. The van der Waals surface area contributed by atoms with Gasteiger partial charge < -0.3 is 19.5 Å². The first-order chi connectivity index (χ1) is 13.0. The summed E-state index contributed by atoms with van der Waals surface area (Å²) in [7, 11) is 3.07. The SMILES string of the molecule is COc1ccc(OC)c(NC(=O)C(C)OC(=O)CCCC2CCCCC2)c1. The van der Waals surface area contributed by atoms with Gasteiger partial charge in [-0.15, -0.1) is 0 Å². The van der Waals surface area contributed by atoms with Gasteiger partial charge in [0, 0.05) is 12.5 Å². The molecule has 6 nitrogen and oxygen atoms in total. The summed E-state index contributed by atoms with van der Waals surface area (Å²) in [5, 5.41) is 2.73. The lowest BCUT2D eigenvalue weighted by molar-refractivity contribution is -0.153. The Hall–Kier alpha value is -2.24. The van der Waals surface area contributed by atoms with Crippen molar-refractivity contribution in [1.82, 2.24) is 0 Å². The Morgan fingerprint density at radius 1 is 1.15 bits per heavy atom. The number of anilines is 1. The van der Waals surface area contributed by atoms with Gasteiger partial charge in [0.2, 0.25) is 0 Å². The molecule has 27 heavy (non-hydrogen) atoms. The van der Waals surface area contributed by atoms with Crippen molar-refractivity contribution in [2.75, 3.05) is 19.5 Å². The monoisotopic (exact) mass is 377 g/mol. The molecule has 150 valence electrons. The summed E-state index contributed by atoms with van der Waals surface area (Å²) in [6.45, 7) is 1.57. The van der Waals surface area contributed by atoms with Crippen LogP contribution in [0.2, 0.25) is 0 Å². The maximum Gasteiger partial charge on any atom is 0.306 e. The van der Waals surface area contributed by atoms with E-state index in [2.05, 4.69) is 5.32 Å². The van der Waals surface area contributed by atoms with Gasteiger partial charge in [-0.1, -0.05) is 32.1 Å². The second-order valence-corrected chi connectivity index (χ2v) is 7.08. The molecule has 1 aromatic carbocycles. The van der Waals surface area contributed by atoms with Crippen LogP contribution >= 0.6 is 0 Å². The number of rotatable bonds is 9. The number of methoxy groups -OCH3 is 2. The molecule has 1 fully saturated rings. The second-order valence-electron chi connectivity index (χ2n) is 7.08. The number of ether oxygens (including phenoxy) is 3. The first-order valence-corrected chi connectivity index (χ1v) is 9.76. The first kappa shape index (κ1) is 21.1. The Balaban J connectivity index is 1.78. The Kier molecular flexibility index (Phi) is 8.43. The highest BCUT2D eigenvalue weighted by Crippen LogP contribution is 2.29. The molecule has 0 bridgehead atoms. The maximum atomic E-state index is 12.4. The largest absolute Gasteiger partial charge is 0.497 e. The average Bonchev–Trinajstić information content (AvgIpc) is 2.68. The zero-order chi connectivity index (χ0) is 19.6. The fraction of sp³-hybridized carbons (Fsp3) is 0.619. The topological polar surface area (TPSA) is 73.9 Å². The van der Waals surface area contributed by atoms with Gasteiger partial charge in [-0.3, -0.25) is 9.59 Å². The van der Waals surface area contributed by atoms with Crippen LogP contribution in [-0.2, 0) is 14.3 Å². The average molecular weight is 377 g/mol. The number of hydrogen-bond acceptors (Lipinski definition) is 5. The molecule has 6 heteroatoms. The third-order valence-corrected chi connectivity index (χ3v) is 5.06. The summed E-state index contributed by atoms with van der Waals surface area (Å²) in [5.41, 5.74) is 0.474. The van der Waals surface area contributed by atoms with Gasteiger partial charge in [0.05, 0.1) is 19.9 Å². The number of amides is 1. The molecule has 1 aliphatic rings. The standard InChI is InChI=1S/C21H31NO5/c1-15(27-20(23)11-7-10-16-8-5-4-6-9-16)21(24)22-18-14-17(25-2)12-13-19(18)26-3/h12-16H,4-11H2,1-3H3,(H,22,24). The van der Waals surface area contributed by atoms with Crippen LogP contribution in [0.5, 0.6) is 11.5 Å². The summed E-state index contributed by atoms with van der Waals surface area (Å²) >= 11 is 0. The van der Waals surface area contributed by atoms with Gasteiger partial charge in [0.1, 0.15) is 11.5 Å². The number of carbonyl (C=O) groups excluding carboxylic acids is 2. The van der Waals surface area contributed by atoms with Crippen molar-refractivity contribution >= 4 is 17.6 Å². The van der Waals surface area contributed by atoms with Crippen LogP contribution in [0.1, 0.15) is 58.3 Å². The van der Waals surface area contributed by atoms with Crippen LogP contribution in [0, 0.1) is 5.92 Å². The number of nitrogens with one attached hydrogen (secondary N) is 1. The highest BCUT2D eigenvalue weighted by molar-refractivity contribution is 5.96. The minimum atomic E-state index is -0.872. The van der Waals surface area contributed by atoms with Crippen LogP contribution in [-0.4, -0.2) is 32.2 Å². The van der Waals surface area contributed by atoms with Crippen molar-refractivity contribution in [3.63, 3.8) is 0 Å². The Morgan fingerprint density at radius 3 is 2.56 bits per heavy atom. The van der Waals surface area contributed by atoms with E-state index in [0.29, 0.717) is 23.6 Å². The van der Waals surface area contributed by atoms with E-state index in [0.717, 1.165) is 18.8 Å². The summed E-state index contributed by atoms with van der Waals surface area (Å²) in [6, 6.07) is 5.11. The molecule has 0 spiro atoms. The second kappa shape index (κ2) is 10.8. The fourth-order valence-electron chi connectivity index (χ4n) is 3.47. The van der Waals surface area contributed by atoms with Gasteiger partial charge in [0.25, 0.3) is 5.91 Å².